The molecule has 1 aromatic carbocycles. The van der Waals surface area contributed by atoms with Crippen LogP contribution in [0.4, 0.5) is 4.39 Å². The van der Waals surface area contributed by atoms with Gasteiger partial charge in [0.2, 0.25) is 5.91 Å². The first kappa shape index (κ1) is 15.0. The Balaban J connectivity index is 1.63. The number of carbonyl (C=O) groups is 1. The third-order valence-corrected chi connectivity index (χ3v) is 3.89. The zero-order chi connectivity index (χ0) is 14.4. The summed E-state index contributed by atoms with van der Waals surface area (Å²) in [7, 11) is 0. The van der Waals surface area contributed by atoms with E-state index in [-0.39, 0.29) is 11.7 Å². The Labute approximate surface area is 120 Å². The fraction of sp³-hybridized carbons (Fsp3) is 0.562. The van der Waals surface area contributed by atoms with Crippen LogP contribution >= 0.6 is 0 Å². The predicted molar refractivity (Wildman–Crippen MR) is 78.0 cm³/mol. The number of hydrogen-bond acceptors (Lipinski definition) is 2. The first-order chi connectivity index (χ1) is 9.63. The van der Waals surface area contributed by atoms with E-state index in [4.69, 9.17) is 0 Å². The van der Waals surface area contributed by atoms with Crippen LogP contribution in [0.15, 0.2) is 24.3 Å². The minimum atomic E-state index is -0.182. The maximum atomic E-state index is 12.8. The highest BCUT2D eigenvalue weighted by molar-refractivity contribution is 5.73. The molecule has 0 aromatic heterocycles. The summed E-state index contributed by atoms with van der Waals surface area (Å²) in [5.74, 6) is -0.115. The summed E-state index contributed by atoms with van der Waals surface area (Å²) in [6.45, 7) is 2.49. The topological polar surface area (TPSA) is 41.1 Å². The van der Waals surface area contributed by atoms with E-state index >= 15 is 0 Å². The van der Waals surface area contributed by atoms with Crippen molar-refractivity contribution in [2.24, 2.45) is 0 Å². The summed E-state index contributed by atoms with van der Waals surface area (Å²) in [6.07, 6.45) is 5.23. The lowest BCUT2D eigenvalue weighted by Gasteiger charge is -2.29. The number of hydrogen-bond donors (Lipinski definition) is 2. The van der Waals surface area contributed by atoms with Gasteiger partial charge in [-0.1, -0.05) is 12.1 Å². The number of halogens is 1. The summed E-state index contributed by atoms with van der Waals surface area (Å²) < 4.78 is 12.8. The van der Waals surface area contributed by atoms with Crippen molar-refractivity contribution in [2.75, 3.05) is 6.54 Å². The van der Waals surface area contributed by atoms with Crippen LogP contribution < -0.4 is 10.6 Å². The van der Waals surface area contributed by atoms with Crippen molar-refractivity contribution < 1.29 is 9.18 Å². The van der Waals surface area contributed by atoms with Gasteiger partial charge in [-0.25, -0.2) is 4.39 Å². The Kier molecular flexibility index (Phi) is 5.53. The molecular formula is C16H23FN2O. The van der Waals surface area contributed by atoms with E-state index in [1.165, 1.54) is 12.1 Å². The third-order valence-electron chi connectivity index (χ3n) is 3.89. The molecule has 1 fully saturated rings. The molecule has 110 valence electrons. The lowest BCUT2D eigenvalue weighted by molar-refractivity contribution is -0.119. The summed E-state index contributed by atoms with van der Waals surface area (Å²) in [5.41, 5.74) is 1.16. The van der Waals surface area contributed by atoms with Gasteiger partial charge in [-0.15, -0.1) is 0 Å². The van der Waals surface area contributed by atoms with Gasteiger partial charge in [0.05, 0.1) is 0 Å². The highest BCUT2D eigenvalue weighted by Crippen LogP contribution is 2.18. The largest absolute Gasteiger partial charge is 0.354 e. The Morgan fingerprint density at radius 3 is 2.35 bits per heavy atom. The zero-order valence-electron chi connectivity index (χ0n) is 12.0. The van der Waals surface area contributed by atoms with E-state index in [0.717, 1.165) is 44.2 Å². The van der Waals surface area contributed by atoms with Crippen molar-refractivity contribution in [3.63, 3.8) is 0 Å². The van der Waals surface area contributed by atoms with Crippen LogP contribution in [0.3, 0.4) is 0 Å². The monoisotopic (exact) mass is 278 g/mol. The molecule has 1 aliphatic carbocycles. The van der Waals surface area contributed by atoms with Crippen LogP contribution in [0.5, 0.6) is 0 Å². The van der Waals surface area contributed by atoms with Crippen molar-refractivity contribution in [3.05, 3.63) is 35.6 Å². The quantitative estimate of drug-likeness (QED) is 0.868. The summed E-state index contributed by atoms with van der Waals surface area (Å²) in [6, 6.07) is 7.58. The molecule has 0 unspecified atom stereocenters. The van der Waals surface area contributed by atoms with Gasteiger partial charge < -0.3 is 10.6 Å². The number of amides is 1. The average Bonchev–Trinajstić information content (AvgIpc) is 2.42. The van der Waals surface area contributed by atoms with Gasteiger partial charge >= 0.3 is 0 Å². The van der Waals surface area contributed by atoms with E-state index in [0.29, 0.717) is 12.1 Å². The second-order valence-corrected chi connectivity index (χ2v) is 5.58. The molecule has 0 spiro atoms. The molecule has 1 saturated carbocycles. The molecule has 0 heterocycles. The van der Waals surface area contributed by atoms with Crippen LogP contribution in [0.1, 0.15) is 38.2 Å². The lowest BCUT2D eigenvalue weighted by Crippen LogP contribution is -2.41. The highest BCUT2D eigenvalue weighted by atomic mass is 19.1. The molecule has 1 aliphatic rings. The Morgan fingerprint density at radius 1 is 1.15 bits per heavy atom. The number of nitrogens with one attached hydrogen (secondary N) is 2. The molecule has 0 atom stereocenters. The van der Waals surface area contributed by atoms with E-state index in [2.05, 4.69) is 10.6 Å². The maximum absolute atomic E-state index is 12.8. The van der Waals surface area contributed by atoms with Crippen molar-refractivity contribution in [1.29, 1.82) is 0 Å². The molecule has 0 saturated heterocycles. The van der Waals surface area contributed by atoms with Crippen LogP contribution in [-0.4, -0.2) is 24.5 Å². The highest BCUT2D eigenvalue weighted by Gasteiger charge is 2.20. The van der Waals surface area contributed by atoms with Crippen LogP contribution in [0.2, 0.25) is 0 Å². The minimum Gasteiger partial charge on any atom is -0.354 e. The standard InChI is InChI=1S/C16H23FN2O/c1-12(20)19-16-8-6-15(7-9-16)18-11-10-13-2-4-14(17)5-3-13/h2-5,15-16,18H,6-11H2,1H3,(H,19,20). The van der Waals surface area contributed by atoms with Crippen LogP contribution in [-0.2, 0) is 11.2 Å². The first-order valence-corrected chi connectivity index (χ1v) is 7.38. The molecule has 20 heavy (non-hydrogen) atoms. The van der Waals surface area contributed by atoms with Crippen LogP contribution in [0.25, 0.3) is 0 Å². The Bertz CT molecular complexity index is 425. The van der Waals surface area contributed by atoms with Crippen molar-refractivity contribution in [1.82, 2.24) is 10.6 Å². The van der Waals surface area contributed by atoms with Gasteiger partial charge in [-0.05, 0) is 56.3 Å². The third kappa shape index (κ3) is 4.93. The van der Waals surface area contributed by atoms with Gasteiger partial charge in [0.15, 0.2) is 0 Å². The molecule has 0 bridgehead atoms. The van der Waals surface area contributed by atoms with Gasteiger partial charge in [-0.2, -0.15) is 0 Å². The molecule has 3 nitrogen and oxygen atoms in total. The first-order valence-electron chi connectivity index (χ1n) is 7.38. The van der Waals surface area contributed by atoms with Gasteiger partial charge in [0, 0.05) is 19.0 Å². The second-order valence-electron chi connectivity index (χ2n) is 5.58. The number of rotatable bonds is 5. The van der Waals surface area contributed by atoms with Crippen molar-refractivity contribution in [2.45, 2.75) is 51.1 Å². The molecular weight excluding hydrogens is 255 g/mol. The molecule has 2 N–H and O–H groups in total. The molecule has 1 amide bonds. The van der Waals surface area contributed by atoms with Crippen molar-refractivity contribution in [3.8, 4) is 0 Å². The normalized spacial score (nSPS) is 22.5. The SMILES string of the molecule is CC(=O)NC1CCC(NCCc2ccc(F)cc2)CC1. The number of benzene rings is 1. The van der Waals surface area contributed by atoms with Gasteiger partial charge in [0.1, 0.15) is 5.82 Å². The summed E-state index contributed by atoms with van der Waals surface area (Å²) >= 11 is 0. The molecule has 2 rings (SSSR count). The molecule has 1 aromatic rings. The Morgan fingerprint density at radius 2 is 1.75 bits per heavy atom. The van der Waals surface area contributed by atoms with Gasteiger partial charge in [0.25, 0.3) is 0 Å². The summed E-state index contributed by atoms with van der Waals surface area (Å²) in [5, 5.41) is 6.54. The second kappa shape index (κ2) is 7.39. The predicted octanol–water partition coefficient (Wildman–Crippen LogP) is 2.41. The fourth-order valence-corrected chi connectivity index (χ4v) is 2.80. The average molecular weight is 278 g/mol. The Hall–Kier alpha value is -1.42. The van der Waals surface area contributed by atoms with E-state index in [9.17, 15) is 9.18 Å². The number of carbonyl (C=O) groups excluding carboxylic acids is 1. The molecule has 0 radical (unpaired) electrons. The van der Waals surface area contributed by atoms with E-state index in [1.54, 1.807) is 6.92 Å². The summed E-state index contributed by atoms with van der Waals surface area (Å²) in [4.78, 5) is 11.0. The lowest BCUT2D eigenvalue weighted by atomic mass is 9.91. The smallest absolute Gasteiger partial charge is 0.217 e. The van der Waals surface area contributed by atoms with Gasteiger partial charge in [-0.3, -0.25) is 4.79 Å². The fourth-order valence-electron chi connectivity index (χ4n) is 2.80. The van der Waals surface area contributed by atoms with Crippen LogP contribution in [0, 0.1) is 5.82 Å². The van der Waals surface area contributed by atoms with E-state index in [1.807, 2.05) is 12.1 Å². The van der Waals surface area contributed by atoms with Crippen molar-refractivity contribution >= 4 is 5.91 Å². The molecule has 4 heteroatoms. The zero-order valence-corrected chi connectivity index (χ0v) is 12.0. The minimum absolute atomic E-state index is 0.0673. The maximum Gasteiger partial charge on any atom is 0.217 e. The molecule has 0 aliphatic heterocycles. The van der Waals surface area contributed by atoms with E-state index < -0.39 is 0 Å².